The fourth-order valence-corrected chi connectivity index (χ4v) is 2.72. The highest BCUT2D eigenvalue weighted by Gasteiger charge is 2.18. The van der Waals surface area contributed by atoms with Crippen molar-refractivity contribution in [1.82, 2.24) is 10.1 Å². The molecule has 22 heavy (non-hydrogen) atoms. The first-order chi connectivity index (χ1) is 10.7. The molecule has 2 aromatic heterocycles. The SMILES string of the molecule is Cc1onc(-c2ccccc2)c1-c1cc2cc(F)ccc2[nH]1. The minimum atomic E-state index is -0.247. The third-order valence-corrected chi connectivity index (χ3v) is 3.76. The Kier molecular flexibility index (Phi) is 2.82. The highest BCUT2D eigenvalue weighted by atomic mass is 19.1. The van der Waals surface area contributed by atoms with Gasteiger partial charge in [-0.1, -0.05) is 35.5 Å². The lowest BCUT2D eigenvalue weighted by atomic mass is 10.0. The summed E-state index contributed by atoms with van der Waals surface area (Å²) in [5.41, 5.74) is 4.43. The van der Waals surface area contributed by atoms with Gasteiger partial charge in [-0.15, -0.1) is 0 Å². The standard InChI is InChI=1S/C18H13FN2O/c1-11-17(18(21-22-11)12-5-3-2-4-6-12)16-10-13-9-14(19)7-8-15(13)20-16/h2-10,20H,1H3. The molecule has 0 aliphatic heterocycles. The number of hydrogen-bond acceptors (Lipinski definition) is 2. The molecule has 0 unspecified atom stereocenters. The lowest BCUT2D eigenvalue weighted by Crippen LogP contribution is -1.83. The molecule has 0 spiro atoms. The summed E-state index contributed by atoms with van der Waals surface area (Å²) in [4.78, 5) is 3.31. The Balaban J connectivity index is 1.93. The number of nitrogens with one attached hydrogen (secondary N) is 1. The number of aromatic amines is 1. The van der Waals surface area contributed by atoms with Crippen LogP contribution in [0.25, 0.3) is 33.4 Å². The summed E-state index contributed by atoms with van der Waals surface area (Å²) in [6.07, 6.45) is 0. The molecule has 0 saturated heterocycles. The van der Waals surface area contributed by atoms with Crippen molar-refractivity contribution in [2.75, 3.05) is 0 Å². The molecule has 0 radical (unpaired) electrons. The molecule has 4 aromatic rings. The summed E-state index contributed by atoms with van der Waals surface area (Å²) in [5, 5.41) is 5.01. The fraction of sp³-hybridized carbons (Fsp3) is 0.0556. The third kappa shape index (κ3) is 2.00. The van der Waals surface area contributed by atoms with Crippen LogP contribution in [0.15, 0.2) is 59.1 Å². The Morgan fingerprint density at radius 3 is 2.68 bits per heavy atom. The summed E-state index contributed by atoms with van der Waals surface area (Å²) in [6.45, 7) is 1.88. The molecular formula is C18H13FN2O. The topological polar surface area (TPSA) is 41.8 Å². The van der Waals surface area contributed by atoms with Gasteiger partial charge in [-0.2, -0.15) is 0 Å². The molecule has 4 rings (SSSR count). The largest absolute Gasteiger partial charge is 0.360 e. The van der Waals surface area contributed by atoms with Crippen molar-refractivity contribution in [3.8, 4) is 22.5 Å². The smallest absolute Gasteiger partial charge is 0.143 e. The van der Waals surface area contributed by atoms with E-state index in [0.717, 1.165) is 39.2 Å². The normalized spacial score (nSPS) is 11.2. The van der Waals surface area contributed by atoms with E-state index in [2.05, 4.69) is 10.1 Å². The van der Waals surface area contributed by atoms with Crippen LogP contribution in [-0.4, -0.2) is 10.1 Å². The van der Waals surface area contributed by atoms with Crippen molar-refractivity contribution < 1.29 is 8.91 Å². The number of hydrogen-bond donors (Lipinski definition) is 1. The third-order valence-electron chi connectivity index (χ3n) is 3.76. The first-order valence-electron chi connectivity index (χ1n) is 7.03. The predicted octanol–water partition coefficient (Wildman–Crippen LogP) is 4.94. The first-order valence-corrected chi connectivity index (χ1v) is 7.03. The van der Waals surface area contributed by atoms with Crippen LogP contribution >= 0.6 is 0 Å². The zero-order chi connectivity index (χ0) is 15.1. The highest BCUT2D eigenvalue weighted by Crippen LogP contribution is 2.35. The van der Waals surface area contributed by atoms with E-state index in [1.54, 1.807) is 6.07 Å². The van der Waals surface area contributed by atoms with E-state index in [4.69, 9.17) is 4.52 Å². The summed E-state index contributed by atoms with van der Waals surface area (Å²) >= 11 is 0. The number of H-pyrrole nitrogens is 1. The molecule has 108 valence electrons. The number of aryl methyl sites for hydroxylation is 1. The second-order valence-corrected chi connectivity index (χ2v) is 5.24. The monoisotopic (exact) mass is 292 g/mol. The Morgan fingerprint density at radius 2 is 1.86 bits per heavy atom. The van der Waals surface area contributed by atoms with Gasteiger partial charge in [-0.05, 0) is 31.2 Å². The Bertz CT molecular complexity index is 954. The van der Waals surface area contributed by atoms with Crippen molar-refractivity contribution in [2.24, 2.45) is 0 Å². The van der Waals surface area contributed by atoms with Gasteiger partial charge >= 0.3 is 0 Å². The van der Waals surface area contributed by atoms with Gasteiger partial charge in [0.25, 0.3) is 0 Å². The van der Waals surface area contributed by atoms with E-state index in [1.165, 1.54) is 12.1 Å². The molecule has 3 nitrogen and oxygen atoms in total. The molecule has 2 heterocycles. The molecule has 4 heteroatoms. The molecule has 0 atom stereocenters. The zero-order valence-corrected chi connectivity index (χ0v) is 11.9. The van der Waals surface area contributed by atoms with Gasteiger partial charge in [-0.25, -0.2) is 4.39 Å². The quantitative estimate of drug-likeness (QED) is 0.568. The molecule has 1 N–H and O–H groups in total. The average Bonchev–Trinajstić information content (AvgIpc) is 3.10. The van der Waals surface area contributed by atoms with E-state index in [1.807, 2.05) is 43.3 Å². The lowest BCUT2D eigenvalue weighted by Gasteiger charge is -2.00. The van der Waals surface area contributed by atoms with Crippen LogP contribution in [0.1, 0.15) is 5.76 Å². The van der Waals surface area contributed by atoms with Crippen LogP contribution < -0.4 is 0 Å². The Hall–Kier alpha value is -2.88. The number of nitrogens with zero attached hydrogens (tertiary/aromatic N) is 1. The Morgan fingerprint density at radius 1 is 1.05 bits per heavy atom. The lowest BCUT2D eigenvalue weighted by molar-refractivity contribution is 0.400. The van der Waals surface area contributed by atoms with Crippen LogP contribution in [0.2, 0.25) is 0 Å². The average molecular weight is 292 g/mol. The minimum absolute atomic E-state index is 0.247. The minimum Gasteiger partial charge on any atom is -0.360 e. The van der Waals surface area contributed by atoms with Gasteiger partial charge in [0.15, 0.2) is 0 Å². The molecule has 2 aromatic carbocycles. The van der Waals surface area contributed by atoms with Gasteiger partial charge in [0.1, 0.15) is 17.3 Å². The number of aromatic nitrogens is 2. The van der Waals surface area contributed by atoms with Crippen molar-refractivity contribution in [3.05, 3.63) is 66.2 Å². The summed E-state index contributed by atoms with van der Waals surface area (Å²) in [5.74, 6) is 0.481. The molecular weight excluding hydrogens is 279 g/mol. The molecule has 0 saturated carbocycles. The molecule has 0 bridgehead atoms. The van der Waals surface area contributed by atoms with Gasteiger partial charge < -0.3 is 9.51 Å². The van der Waals surface area contributed by atoms with E-state index in [0.29, 0.717) is 0 Å². The fourth-order valence-electron chi connectivity index (χ4n) is 2.72. The maximum atomic E-state index is 13.4. The maximum Gasteiger partial charge on any atom is 0.143 e. The van der Waals surface area contributed by atoms with Crippen molar-refractivity contribution >= 4 is 10.9 Å². The van der Waals surface area contributed by atoms with Gasteiger partial charge in [0.2, 0.25) is 0 Å². The molecule has 0 amide bonds. The first kappa shape index (κ1) is 12.8. The van der Waals surface area contributed by atoms with Gasteiger partial charge in [0.05, 0.1) is 11.3 Å². The van der Waals surface area contributed by atoms with Crippen molar-refractivity contribution in [3.63, 3.8) is 0 Å². The number of fused-ring (bicyclic) bond motifs is 1. The molecule has 0 aliphatic rings. The van der Waals surface area contributed by atoms with Crippen LogP contribution in [0, 0.1) is 12.7 Å². The summed E-state index contributed by atoms with van der Waals surface area (Å²) in [6, 6.07) is 16.5. The number of halogens is 1. The van der Waals surface area contributed by atoms with Crippen LogP contribution in [0.5, 0.6) is 0 Å². The number of rotatable bonds is 2. The molecule has 0 aliphatic carbocycles. The summed E-state index contributed by atoms with van der Waals surface area (Å²) < 4.78 is 18.7. The highest BCUT2D eigenvalue weighted by molar-refractivity contribution is 5.90. The second-order valence-electron chi connectivity index (χ2n) is 5.24. The zero-order valence-electron chi connectivity index (χ0n) is 11.9. The van der Waals surface area contributed by atoms with Gasteiger partial charge in [-0.3, -0.25) is 0 Å². The van der Waals surface area contributed by atoms with Crippen LogP contribution in [0.3, 0.4) is 0 Å². The van der Waals surface area contributed by atoms with E-state index >= 15 is 0 Å². The summed E-state index contributed by atoms with van der Waals surface area (Å²) in [7, 11) is 0. The van der Waals surface area contributed by atoms with Crippen molar-refractivity contribution in [1.29, 1.82) is 0 Å². The van der Waals surface area contributed by atoms with E-state index < -0.39 is 0 Å². The number of benzene rings is 2. The van der Waals surface area contributed by atoms with Crippen LogP contribution in [-0.2, 0) is 0 Å². The Labute approximate surface area is 126 Å². The van der Waals surface area contributed by atoms with Crippen LogP contribution in [0.4, 0.5) is 4.39 Å². The second kappa shape index (κ2) is 4.84. The molecule has 0 fully saturated rings. The van der Waals surface area contributed by atoms with E-state index in [9.17, 15) is 4.39 Å². The van der Waals surface area contributed by atoms with E-state index in [-0.39, 0.29) is 5.82 Å². The van der Waals surface area contributed by atoms with Gasteiger partial charge in [0, 0.05) is 16.5 Å². The predicted molar refractivity (Wildman–Crippen MR) is 83.9 cm³/mol. The van der Waals surface area contributed by atoms with Crippen molar-refractivity contribution in [2.45, 2.75) is 6.92 Å². The maximum absolute atomic E-state index is 13.4.